The molecule has 1 aliphatic rings. The van der Waals surface area contributed by atoms with E-state index in [-0.39, 0.29) is 0 Å². The number of pyridine rings is 1. The van der Waals surface area contributed by atoms with Crippen molar-refractivity contribution < 1.29 is 0 Å². The summed E-state index contributed by atoms with van der Waals surface area (Å²) < 4.78 is 0. The zero-order valence-electron chi connectivity index (χ0n) is 14.2. The van der Waals surface area contributed by atoms with Gasteiger partial charge in [0.15, 0.2) is 0 Å². The minimum absolute atomic E-state index is 0.636. The first kappa shape index (κ1) is 15.8. The number of hydrogen-bond donors (Lipinski definition) is 0. The number of piperazine rings is 1. The Morgan fingerprint density at radius 1 is 1.04 bits per heavy atom. The fraction of sp³-hybridized carbons (Fsp3) is 0.333. The van der Waals surface area contributed by atoms with Gasteiger partial charge in [-0.1, -0.05) is 0 Å². The Kier molecular flexibility index (Phi) is 3.98. The van der Waals surface area contributed by atoms with Crippen LogP contribution in [0.5, 0.6) is 0 Å². The first-order chi connectivity index (χ1) is 12.2. The highest BCUT2D eigenvalue weighted by molar-refractivity contribution is 7.18. The first-order valence-electron chi connectivity index (χ1n) is 8.24. The molecule has 1 saturated heterocycles. The third-order valence-electron chi connectivity index (χ3n) is 4.45. The average Bonchev–Trinajstić information content (AvgIpc) is 3.02. The van der Waals surface area contributed by atoms with Crippen LogP contribution in [0.25, 0.3) is 10.2 Å². The monoisotopic (exact) mass is 350 g/mol. The summed E-state index contributed by atoms with van der Waals surface area (Å²) in [5.41, 5.74) is 1.57. The Morgan fingerprint density at radius 3 is 2.48 bits per heavy atom. The van der Waals surface area contributed by atoms with Gasteiger partial charge in [0.2, 0.25) is 0 Å². The largest absolute Gasteiger partial charge is 0.352 e. The van der Waals surface area contributed by atoms with Gasteiger partial charge in [-0.25, -0.2) is 15.0 Å². The van der Waals surface area contributed by atoms with Crippen molar-refractivity contribution >= 4 is 33.2 Å². The molecule has 0 aliphatic carbocycles. The van der Waals surface area contributed by atoms with Gasteiger partial charge in [0.25, 0.3) is 0 Å². The number of nitriles is 1. The molecule has 1 fully saturated rings. The van der Waals surface area contributed by atoms with Crippen molar-refractivity contribution in [1.82, 2.24) is 15.0 Å². The van der Waals surface area contributed by atoms with Gasteiger partial charge >= 0.3 is 0 Å². The van der Waals surface area contributed by atoms with Crippen LogP contribution in [0.2, 0.25) is 0 Å². The van der Waals surface area contributed by atoms with Crippen LogP contribution in [0.4, 0.5) is 11.6 Å². The molecule has 0 atom stereocenters. The van der Waals surface area contributed by atoms with Gasteiger partial charge in [-0.15, -0.1) is 11.3 Å². The molecule has 0 N–H and O–H groups in total. The minimum Gasteiger partial charge on any atom is -0.352 e. The van der Waals surface area contributed by atoms with E-state index in [0.29, 0.717) is 5.56 Å². The van der Waals surface area contributed by atoms with Gasteiger partial charge in [-0.05, 0) is 32.0 Å². The predicted octanol–water partition coefficient (Wildman–Crippen LogP) is 2.90. The number of thiophene rings is 1. The molecular formula is C18H18N6S. The van der Waals surface area contributed by atoms with Crippen molar-refractivity contribution in [2.24, 2.45) is 0 Å². The maximum absolute atomic E-state index is 9.35. The zero-order chi connectivity index (χ0) is 17.4. The molecule has 0 saturated carbocycles. The molecule has 4 heterocycles. The van der Waals surface area contributed by atoms with E-state index < -0.39 is 0 Å². The fourth-order valence-corrected chi connectivity index (χ4v) is 4.06. The Labute approximate surface area is 150 Å². The molecule has 126 valence electrons. The fourth-order valence-electron chi connectivity index (χ4n) is 3.22. The molecule has 3 aromatic rings. The smallest absolute Gasteiger partial charge is 0.146 e. The van der Waals surface area contributed by atoms with Crippen molar-refractivity contribution in [2.45, 2.75) is 13.8 Å². The highest BCUT2D eigenvalue weighted by Crippen LogP contribution is 2.30. The standard InChI is InChI=1S/C18H18N6S/c1-12-3-4-14(10-19)16(22-12)23-5-7-24(8-6-23)17-15-9-13(2)25-18(15)21-11-20-17/h3-4,9,11H,5-8H2,1-2H3. The summed E-state index contributed by atoms with van der Waals surface area (Å²) in [6.45, 7) is 7.39. The number of rotatable bonds is 2. The Hall–Kier alpha value is -2.72. The predicted molar refractivity (Wildman–Crippen MR) is 100 cm³/mol. The molecule has 1 aliphatic heterocycles. The lowest BCUT2D eigenvalue weighted by molar-refractivity contribution is 0.642. The van der Waals surface area contributed by atoms with E-state index in [2.05, 4.69) is 43.8 Å². The normalized spacial score (nSPS) is 14.8. The molecule has 4 rings (SSSR count). The molecule has 0 radical (unpaired) electrons. The Bertz CT molecular complexity index is 965. The quantitative estimate of drug-likeness (QED) is 0.708. The van der Waals surface area contributed by atoms with Gasteiger partial charge in [-0.3, -0.25) is 0 Å². The maximum atomic E-state index is 9.35. The molecule has 0 bridgehead atoms. The lowest BCUT2D eigenvalue weighted by Gasteiger charge is -2.36. The van der Waals surface area contributed by atoms with Crippen molar-refractivity contribution in [3.05, 3.63) is 40.7 Å². The summed E-state index contributed by atoms with van der Waals surface area (Å²) in [6.07, 6.45) is 1.65. The molecule has 7 heteroatoms. The van der Waals surface area contributed by atoms with Gasteiger partial charge in [0, 0.05) is 36.8 Å². The lowest BCUT2D eigenvalue weighted by atomic mass is 10.2. The molecule has 0 amide bonds. The highest BCUT2D eigenvalue weighted by Gasteiger charge is 2.23. The number of aryl methyl sites for hydroxylation is 2. The van der Waals surface area contributed by atoms with Crippen LogP contribution >= 0.6 is 11.3 Å². The van der Waals surface area contributed by atoms with Crippen molar-refractivity contribution in [3.63, 3.8) is 0 Å². The van der Waals surface area contributed by atoms with E-state index >= 15 is 0 Å². The molecule has 3 aromatic heterocycles. The second kappa shape index (κ2) is 6.30. The second-order valence-corrected chi connectivity index (χ2v) is 7.42. The summed E-state index contributed by atoms with van der Waals surface area (Å²) in [4.78, 5) is 20.3. The topological polar surface area (TPSA) is 68.9 Å². The Morgan fingerprint density at radius 2 is 1.76 bits per heavy atom. The summed E-state index contributed by atoms with van der Waals surface area (Å²) in [5.74, 6) is 1.80. The van der Waals surface area contributed by atoms with Gasteiger partial charge in [0.05, 0.1) is 10.9 Å². The second-order valence-electron chi connectivity index (χ2n) is 6.18. The first-order valence-corrected chi connectivity index (χ1v) is 9.06. The maximum Gasteiger partial charge on any atom is 0.146 e. The highest BCUT2D eigenvalue weighted by atomic mass is 32.1. The summed E-state index contributed by atoms with van der Waals surface area (Å²) in [7, 11) is 0. The van der Waals surface area contributed by atoms with Crippen LogP contribution < -0.4 is 9.80 Å². The zero-order valence-corrected chi connectivity index (χ0v) is 15.0. The van der Waals surface area contributed by atoms with E-state index in [4.69, 9.17) is 0 Å². The van der Waals surface area contributed by atoms with Crippen molar-refractivity contribution in [2.75, 3.05) is 36.0 Å². The molecular weight excluding hydrogens is 332 g/mol. The van der Waals surface area contributed by atoms with Gasteiger partial charge in [0.1, 0.15) is 28.9 Å². The van der Waals surface area contributed by atoms with Crippen LogP contribution in [-0.4, -0.2) is 41.1 Å². The molecule has 6 nitrogen and oxygen atoms in total. The van der Waals surface area contributed by atoms with Crippen LogP contribution in [-0.2, 0) is 0 Å². The van der Waals surface area contributed by atoms with E-state index in [1.165, 1.54) is 4.88 Å². The Balaban J connectivity index is 1.58. The van der Waals surface area contributed by atoms with Crippen LogP contribution in [0.1, 0.15) is 16.1 Å². The van der Waals surface area contributed by atoms with E-state index in [9.17, 15) is 5.26 Å². The van der Waals surface area contributed by atoms with Gasteiger partial charge < -0.3 is 9.80 Å². The number of hydrogen-bond acceptors (Lipinski definition) is 7. The summed E-state index contributed by atoms with van der Waals surface area (Å²) in [5, 5.41) is 10.5. The third-order valence-corrected chi connectivity index (χ3v) is 5.40. The lowest BCUT2D eigenvalue weighted by Crippen LogP contribution is -2.47. The van der Waals surface area contributed by atoms with E-state index in [1.807, 2.05) is 19.1 Å². The van der Waals surface area contributed by atoms with Crippen LogP contribution in [0.3, 0.4) is 0 Å². The minimum atomic E-state index is 0.636. The third kappa shape index (κ3) is 2.89. The average molecular weight is 350 g/mol. The SMILES string of the molecule is Cc1ccc(C#N)c(N2CCN(c3ncnc4sc(C)cc34)CC2)n1. The number of anilines is 2. The number of fused-ring (bicyclic) bond motifs is 1. The molecule has 25 heavy (non-hydrogen) atoms. The molecule has 0 unspecified atom stereocenters. The number of aromatic nitrogens is 3. The van der Waals surface area contributed by atoms with Gasteiger partial charge in [-0.2, -0.15) is 5.26 Å². The van der Waals surface area contributed by atoms with Crippen molar-refractivity contribution in [1.29, 1.82) is 5.26 Å². The van der Waals surface area contributed by atoms with Crippen LogP contribution in [0, 0.1) is 25.2 Å². The number of nitrogens with zero attached hydrogens (tertiary/aromatic N) is 6. The van der Waals surface area contributed by atoms with E-state index in [0.717, 1.165) is 53.7 Å². The summed E-state index contributed by atoms with van der Waals surface area (Å²) >= 11 is 1.70. The molecule has 0 spiro atoms. The van der Waals surface area contributed by atoms with Crippen molar-refractivity contribution in [3.8, 4) is 6.07 Å². The molecule has 0 aromatic carbocycles. The summed E-state index contributed by atoms with van der Waals surface area (Å²) in [6, 6.07) is 8.15. The van der Waals surface area contributed by atoms with Crippen LogP contribution in [0.15, 0.2) is 24.5 Å². The van der Waals surface area contributed by atoms with E-state index in [1.54, 1.807) is 17.7 Å².